The van der Waals surface area contributed by atoms with Crippen molar-refractivity contribution in [1.29, 1.82) is 0 Å². The maximum absolute atomic E-state index is 12.1. The minimum absolute atomic E-state index is 0.0897. The second kappa shape index (κ2) is 6.19. The number of nitrogens with one attached hydrogen (secondary N) is 1. The topological polar surface area (TPSA) is 79.3 Å². The molecule has 5 nitrogen and oxygen atoms in total. The number of aliphatic hydroxyl groups is 1. The molecule has 0 saturated heterocycles. The van der Waals surface area contributed by atoms with Crippen LogP contribution in [0.4, 0.5) is 5.69 Å². The van der Waals surface area contributed by atoms with Crippen molar-refractivity contribution >= 4 is 15.7 Å². The van der Waals surface area contributed by atoms with Crippen LogP contribution in [0, 0.1) is 11.8 Å². The Labute approximate surface area is 117 Å². The molecule has 6 heteroatoms. The van der Waals surface area contributed by atoms with Gasteiger partial charge in [0.15, 0.2) is 0 Å². The van der Waals surface area contributed by atoms with Crippen LogP contribution in [0.25, 0.3) is 0 Å². The summed E-state index contributed by atoms with van der Waals surface area (Å²) in [4.78, 5) is 3.87. The van der Waals surface area contributed by atoms with Gasteiger partial charge in [0, 0.05) is 18.0 Å². The summed E-state index contributed by atoms with van der Waals surface area (Å²) >= 11 is 0. The second-order valence-corrected chi connectivity index (χ2v) is 5.52. The normalized spacial score (nSPS) is 10.4. The summed E-state index contributed by atoms with van der Waals surface area (Å²) in [5.41, 5.74) is 1.02. The Morgan fingerprint density at radius 3 is 2.80 bits per heavy atom. The number of nitrogens with zero attached hydrogens (tertiary/aromatic N) is 1. The molecule has 0 unspecified atom stereocenters. The molecule has 0 radical (unpaired) electrons. The number of aliphatic hydroxyl groups excluding tert-OH is 1. The summed E-state index contributed by atoms with van der Waals surface area (Å²) in [6.07, 6.45) is 2.78. The molecular weight excluding hydrogens is 276 g/mol. The van der Waals surface area contributed by atoms with Gasteiger partial charge in [-0.25, -0.2) is 8.42 Å². The van der Waals surface area contributed by atoms with Gasteiger partial charge < -0.3 is 5.11 Å². The molecule has 1 aromatic heterocycles. The lowest BCUT2D eigenvalue weighted by molar-refractivity contribution is 0.350. The molecule has 0 fully saturated rings. The number of anilines is 1. The molecule has 20 heavy (non-hydrogen) atoms. The lowest BCUT2D eigenvalue weighted by Crippen LogP contribution is -2.13. The summed E-state index contributed by atoms with van der Waals surface area (Å²) in [5, 5.41) is 8.64. The van der Waals surface area contributed by atoms with Crippen LogP contribution in [0.15, 0.2) is 53.7 Å². The van der Waals surface area contributed by atoms with Gasteiger partial charge in [-0.15, -0.1) is 0 Å². The van der Waals surface area contributed by atoms with Crippen molar-refractivity contribution < 1.29 is 13.5 Å². The fourth-order valence-corrected chi connectivity index (χ4v) is 2.53. The number of hydrogen-bond acceptors (Lipinski definition) is 4. The number of hydrogen-bond donors (Lipinski definition) is 2. The van der Waals surface area contributed by atoms with Gasteiger partial charge in [0.1, 0.15) is 11.5 Å². The molecule has 0 bridgehead atoms. The first kappa shape index (κ1) is 14.1. The molecule has 1 aromatic carbocycles. The minimum atomic E-state index is -3.66. The van der Waals surface area contributed by atoms with Gasteiger partial charge in [-0.1, -0.05) is 17.9 Å². The van der Waals surface area contributed by atoms with Crippen molar-refractivity contribution in [3.05, 3.63) is 54.4 Å². The van der Waals surface area contributed by atoms with Crippen LogP contribution in [0.5, 0.6) is 0 Å². The second-order valence-electron chi connectivity index (χ2n) is 3.83. The van der Waals surface area contributed by atoms with Gasteiger partial charge in [-0.2, -0.15) is 0 Å². The zero-order chi connectivity index (χ0) is 14.4. The van der Waals surface area contributed by atoms with Crippen molar-refractivity contribution in [2.24, 2.45) is 0 Å². The van der Waals surface area contributed by atoms with E-state index in [1.165, 1.54) is 18.5 Å². The monoisotopic (exact) mass is 288 g/mol. The molecule has 2 aromatic rings. The van der Waals surface area contributed by atoms with Crippen molar-refractivity contribution in [1.82, 2.24) is 4.98 Å². The summed E-state index contributed by atoms with van der Waals surface area (Å²) < 4.78 is 26.7. The van der Waals surface area contributed by atoms with E-state index in [1.54, 1.807) is 30.3 Å². The number of benzene rings is 1. The molecule has 0 spiro atoms. The molecule has 102 valence electrons. The highest BCUT2D eigenvalue weighted by molar-refractivity contribution is 7.92. The van der Waals surface area contributed by atoms with Crippen molar-refractivity contribution in [2.75, 3.05) is 11.3 Å². The van der Waals surface area contributed by atoms with Gasteiger partial charge in [-0.3, -0.25) is 9.71 Å². The Hall–Kier alpha value is -2.36. The van der Waals surface area contributed by atoms with Crippen LogP contribution in [0.3, 0.4) is 0 Å². The maximum Gasteiger partial charge on any atom is 0.263 e. The van der Waals surface area contributed by atoms with E-state index in [9.17, 15) is 8.42 Å². The third-order valence-corrected chi connectivity index (χ3v) is 3.74. The average Bonchev–Trinajstić information content (AvgIpc) is 2.46. The highest BCUT2D eigenvalue weighted by Gasteiger charge is 2.13. The Bertz CT molecular complexity index is 747. The van der Waals surface area contributed by atoms with Gasteiger partial charge in [-0.05, 0) is 30.3 Å². The molecule has 2 rings (SSSR count). The van der Waals surface area contributed by atoms with Gasteiger partial charge in [0.2, 0.25) is 0 Å². The number of rotatable bonds is 3. The fraction of sp³-hybridized carbons (Fsp3) is 0.0714. The zero-order valence-electron chi connectivity index (χ0n) is 10.4. The van der Waals surface area contributed by atoms with Gasteiger partial charge in [0.05, 0.1) is 5.69 Å². The Morgan fingerprint density at radius 1 is 1.25 bits per heavy atom. The predicted octanol–water partition coefficient (Wildman–Crippen LogP) is 1.23. The van der Waals surface area contributed by atoms with Crippen LogP contribution in [0.2, 0.25) is 0 Å². The Balaban J connectivity index is 2.26. The first-order valence-electron chi connectivity index (χ1n) is 5.74. The molecular formula is C14H12N2O3S. The summed E-state index contributed by atoms with van der Waals surface area (Å²) in [5.74, 6) is 5.22. The lowest BCUT2D eigenvalue weighted by atomic mass is 10.2. The predicted molar refractivity (Wildman–Crippen MR) is 75.5 cm³/mol. The minimum Gasteiger partial charge on any atom is -0.384 e. The van der Waals surface area contributed by atoms with Crippen LogP contribution in [-0.4, -0.2) is 25.1 Å². The van der Waals surface area contributed by atoms with E-state index >= 15 is 0 Å². The highest BCUT2D eigenvalue weighted by Crippen LogP contribution is 2.16. The third-order valence-electron chi connectivity index (χ3n) is 2.37. The van der Waals surface area contributed by atoms with Gasteiger partial charge in [0.25, 0.3) is 10.0 Å². The van der Waals surface area contributed by atoms with Crippen LogP contribution in [0.1, 0.15) is 5.56 Å². The first-order chi connectivity index (χ1) is 9.62. The number of sulfonamides is 1. The molecule has 0 aliphatic carbocycles. The summed E-state index contributed by atoms with van der Waals surface area (Å²) in [7, 11) is -3.66. The number of pyridine rings is 1. The smallest absolute Gasteiger partial charge is 0.263 e. The third kappa shape index (κ3) is 3.57. The van der Waals surface area contributed by atoms with Crippen LogP contribution < -0.4 is 4.72 Å². The summed E-state index contributed by atoms with van der Waals surface area (Å²) in [6.45, 7) is -0.244. The van der Waals surface area contributed by atoms with E-state index in [2.05, 4.69) is 21.5 Å². The SMILES string of the molecule is O=S(=O)(Nc1cccc(C#CCO)c1)c1cccnc1. The van der Waals surface area contributed by atoms with Crippen LogP contribution in [-0.2, 0) is 10.0 Å². The first-order valence-corrected chi connectivity index (χ1v) is 7.23. The van der Waals surface area contributed by atoms with Crippen LogP contribution >= 0.6 is 0 Å². The van der Waals surface area contributed by atoms with E-state index in [-0.39, 0.29) is 11.5 Å². The largest absolute Gasteiger partial charge is 0.384 e. The lowest BCUT2D eigenvalue weighted by Gasteiger charge is -2.07. The van der Waals surface area contributed by atoms with Crippen molar-refractivity contribution in [3.8, 4) is 11.8 Å². The molecule has 0 atom stereocenters. The van der Waals surface area contributed by atoms with E-state index < -0.39 is 10.0 Å². The zero-order valence-corrected chi connectivity index (χ0v) is 11.3. The van der Waals surface area contributed by atoms with E-state index in [0.717, 1.165) is 0 Å². The van der Waals surface area contributed by atoms with Crippen molar-refractivity contribution in [3.63, 3.8) is 0 Å². The molecule has 0 aliphatic heterocycles. The molecule has 2 N–H and O–H groups in total. The maximum atomic E-state index is 12.1. The molecule has 0 aliphatic rings. The molecule has 0 amide bonds. The standard InChI is InChI=1S/C14H12N2O3S/c17-9-3-5-12-4-1-6-13(10-12)16-20(18,19)14-7-2-8-15-11-14/h1-2,4,6-8,10-11,16-17H,9H2. The fourth-order valence-electron chi connectivity index (χ4n) is 1.52. The Morgan fingerprint density at radius 2 is 2.10 bits per heavy atom. The van der Waals surface area contributed by atoms with E-state index in [1.807, 2.05) is 0 Å². The molecule has 1 heterocycles. The van der Waals surface area contributed by atoms with E-state index in [4.69, 9.17) is 5.11 Å². The van der Waals surface area contributed by atoms with Gasteiger partial charge >= 0.3 is 0 Å². The summed E-state index contributed by atoms with van der Waals surface area (Å²) in [6, 6.07) is 9.64. The van der Waals surface area contributed by atoms with E-state index in [0.29, 0.717) is 11.3 Å². The van der Waals surface area contributed by atoms with Crippen molar-refractivity contribution in [2.45, 2.75) is 4.90 Å². The quantitative estimate of drug-likeness (QED) is 0.832. The number of aromatic nitrogens is 1. The average molecular weight is 288 g/mol. The Kier molecular flexibility index (Phi) is 4.35. The molecule has 0 saturated carbocycles. The highest BCUT2D eigenvalue weighted by atomic mass is 32.2.